The zero-order chi connectivity index (χ0) is 15.0. The van der Waals surface area contributed by atoms with E-state index in [1.165, 1.54) is 4.57 Å². The topological polar surface area (TPSA) is 51.3 Å². The molecule has 1 aliphatic carbocycles. The summed E-state index contributed by atoms with van der Waals surface area (Å²) in [6.45, 7) is 1.01. The molecule has 1 aromatic rings. The van der Waals surface area contributed by atoms with Crippen LogP contribution in [0.2, 0.25) is 0 Å². The highest BCUT2D eigenvalue weighted by atomic mass is 19.3. The molecule has 1 aromatic heterocycles. The van der Waals surface area contributed by atoms with Crippen LogP contribution in [0.1, 0.15) is 29.8 Å². The smallest absolute Gasteiger partial charge is 0.270 e. The maximum atomic E-state index is 12.6. The number of amides is 1. The second-order valence-corrected chi connectivity index (χ2v) is 6.24. The molecular formula is C15H21F2N3O. The highest BCUT2D eigenvalue weighted by Gasteiger charge is 2.39. The van der Waals surface area contributed by atoms with Crippen molar-refractivity contribution < 1.29 is 13.6 Å². The Morgan fingerprint density at radius 1 is 1.33 bits per heavy atom. The molecule has 1 saturated heterocycles. The van der Waals surface area contributed by atoms with E-state index in [0.717, 1.165) is 25.8 Å². The highest BCUT2D eigenvalue weighted by Crippen LogP contribution is 2.36. The second-order valence-electron chi connectivity index (χ2n) is 6.24. The largest absolute Gasteiger partial charge is 0.338 e. The van der Waals surface area contributed by atoms with Crippen molar-refractivity contribution in [2.75, 3.05) is 13.1 Å². The normalized spacial score (nSPS) is 29.0. The van der Waals surface area contributed by atoms with Crippen LogP contribution in [0.4, 0.5) is 8.78 Å². The molecule has 1 unspecified atom stereocenters. The number of alkyl halides is 2. The standard InChI is InChI=1S/C15H21F2N3O/c16-14(17)9-19-5-1-2-13(19)15(21)20-7-10-3-4-12(18)6-11(10)8-20/h1-2,5,10-12,14H,3-4,6-9,18H2/t10-,11+,12?/m1/s1. The highest BCUT2D eigenvalue weighted by molar-refractivity contribution is 5.93. The summed E-state index contributed by atoms with van der Waals surface area (Å²) in [4.78, 5) is 14.4. The van der Waals surface area contributed by atoms with Gasteiger partial charge in [-0.2, -0.15) is 0 Å². The number of fused-ring (bicyclic) bond motifs is 1. The van der Waals surface area contributed by atoms with Crippen LogP contribution in [0.5, 0.6) is 0 Å². The van der Waals surface area contributed by atoms with Crippen molar-refractivity contribution in [1.29, 1.82) is 0 Å². The minimum atomic E-state index is -2.46. The molecule has 1 aliphatic heterocycles. The molecule has 0 radical (unpaired) electrons. The Hall–Kier alpha value is -1.43. The number of nitrogens with two attached hydrogens (primary N) is 1. The molecule has 0 spiro atoms. The number of likely N-dealkylation sites (tertiary alicyclic amines) is 1. The summed E-state index contributed by atoms with van der Waals surface area (Å²) < 4.78 is 26.4. The van der Waals surface area contributed by atoms with E-state index < -0.39 is 13.0 Å². The summed E-state index contributed by atoms with van der Waals surface area (Å²) in [7, 11) is 0. The first-order valence-corrected chi connectivity index (χ1v) is 7.52. The van der Waals surface area contributed by atoms with E-state index in [4.69, 9.17) is 5.73 Å². The minimum absolute atomic E-state index is 0.136. The molecule has 2 N–H and O–H groups in total. The van der Waals surface area contributed by atoms with Gasteiger partial charge in [0.15, 0.2) is 0 Å². The molecule has 3 rings (SSSR count). The van der Waals surface area contributed by atoms with Gasteiger partial charge in [-0.25, -0.2) is 8.78 Å². The van der Waals surface area contributed by atoms with Gasteiger partial charge in [0.25, 0.3) is 12.3 Å². The van der Waals surface area contributed by atoms with Crippen molar-refractivity contribution in [3.8, 4) is 0 Å². The van der Waals surface area contributed by atoms with Crippen molar-refractivity contribution in [3.63, 3.8) is 0 Å². The van der Waals surface area contributed by atoms with E-state index in [-0.39, 0.29) is 11.9 Å². The Kier molecular flexibility index (Phi) is 3.97. The maximum Gasteiger partial charge on any atom is 0.270 e. The van der Waals surface area contributed by atoms with E-state index in [0.29, 0.717) is 24.1 Å². The molecule has 0 aromatic carbocycles. The molecule has 3 atom stereocenters. The van der Waals surface area contributed by atoms with Gasteiger partial charge in [0.05, 0.1) is 6.54 Å². The van der Waals surface area contributed by atoms with Crippen molar-refractivity contribution >= 4 is 5.91 Å². The second kappa shape index (κ2) is 5.75. The maximum absolute atomic E-state index is 12.6. The summed E-state index contributed by atoms with van der Waals surface area (Å²) in [5, 5.41) is 0. The van der Waals surface area contributed by atoms with Crippen molar-refractivity contribution in [2.45, 2.75) is 38.3 Å². The van der Waals surface area contributed by atoms with Crippen molar-refractivity contribution in [2.24, 2.45) is 17.6 Å². The Morgan fingerprint density at radius 3 is 2.86 bits per heavy atom. The fourth-order valence-corrected chi connectivity index (χ4v) is 3.71. The zero-order valence-corrected chi connectivity index (χ0v) is 11.9. The quantitative estimate of drug-likeness (QED) is 0.927. The summed E-state index contributed by atoms with van der Waals surface area (Å²) in [6.07, 6.45) is 2.13. The molecule has 0 bridgehead atoms. The molecule has 2 heterocycles. The van der Waals surface area contributed by atoms with Crippen molar-refractivity contribution in [1.82, 2.24) is 9.47 Å². The lowest BCUT2D eigenvalue weighted by Crippen LogP contribution is -2.32. The molecule has 2 fully saturated rings. The fraction of sp³-hybridized carbons (Fsp3) is 0.667. The van der Waals surface area contributed by atoms with Crippen LogP contribution in [0.25, 0.3) is 0 Å². The van der Waals surface area contributed by atoms with Crippen LogP contribution in [-0.2, 0) is 6.54 Å². The summed E-state index contributed by atoms with van der Waals surface area (Å²) in [5.74, 6) is 0.854. The number of aromatic nitrogens is 1. The van der Waals surface area contributed by atoms with Crippen LogP contribution in [0.15, 0.2) is 18.3 Å². The number of rotatable bonds is 3. The predicted molar refractivity (Wildman–Crippen MR) is 75.1 cm³/mol. The Morgan fingerprint density at radius 2 is 2.10 bits per heavy atom. The number of halogens is 2. The van der Waals surface area contributed by atoms with Crippen LogP contribution < -0.4 is 5.73 Å². The third-order valence-corrected chi connectivity index (χ3v) is 4.76. The van der Waals surface area contributed by atoms with E-state index in [2.05, 4.69) is 0 Å². The average Bonchev–Trinajstić information content (AvgIpc) is 3.03. The molecule has 1 saturated carbocycles. The fourth-order valence-electron chi connectivity index (χ4n) is 3.71. The number of hydrogen-bond acceptors (Lipinski definition) is 2. The third-order valence-electron chi connectivity index (χ3n) is 4.76. The van der Waals surface area contributed by atoms with Gasteiger partial charge in [0, 0.05) is 25.3 Å². The van der Waals surface area contributed by atoms with Crippen LogP contribution in [0.3, 0.4) is 0 Å². The van der Waals surface area contributed by atoms with E-state index in [1.54, 1.807) is 18.3 Å². The van der Waals surface area contributed by atoms with Crippen molar-refractivity contribution in [3.05, 3.63) is 24.0 Å². The lowest BCUT2D eigenvalue weighted by molar-refractivity contribution is 0.0763. The monoisotopic (exact) mass is 297 g/mol. The summed E-state index contributed by atoms with van der Waals surface area (Å²) in [5.41, 5.74) is 6.35. The summed E-state index contributed by atoms with van der Waals surface area (Å²) in [6, 6.07) is 3.51. The van der Waals surface area contributed by atoms with E-state index in [1.807, 2.05) is 4.90 Å². The van der Waals surface area contributed by atoms with Gasteiger partial charge in [-0.05, 0) is 43.2 Å². The van der Waals surface area contributed by atoms with Gasteiger partial charge in [-0.3, -0.25) is 4.79 Å². The molecule has 2 aliphatic rings. The molecule has 116 valence electrons. The number of nitrogens with zero attached hydrogens (tertiary/aromatic N) is 2. The molecule has 1 amide bonds. The SMILES string of the molecule is NC1CC[C@@H]2CN(C(=O)c3cccn3CC(F)F)C[C@@H]2C1. The predicted octanol–water partition coefficient (Wildman–Crippen LogP) is 1.95. The van der Waals surface area contributed by atoms with Gasteiger partial charge in [0.1, 0.15) is 5.69 Å². The van der Waals surface area contributed by atoms with Gasteiger partial charge in [0.2, 0.25) is 0 Å². The molecular weight excluding hydrogens is 276 g/mol. The first-order valence-electron chi connectivity index (χ1n) is 7.52. The molecule has 6 heteroatoms. The Bertz CT molecular complexity index is 517. The third kappa shape index (κ3) is 2.95. The first kappa shape index (κ1) is 14.5. The van der Waals surface area contributed by atoms with Gasteiger partial charge in [-0.15, -0.1) is 0 Å². The zero-order valence-electron chi connectivity index (χ0n) is 11.9. The number of carbonyl (C=O) groups excluding carboxylic acids is 1. The van der Waals surface area contributed by atoms with Gasteiger partial charge >= 0.3 is 0 Å². The lowest BCUT2D eigenvalue weighted by atomic mass is 9.79. The summed E-state index contributed by atoms with van der Waals surface area (Å²) >= 11 is 0. The average molecular weight is 297 g/mol. The van der Waals surface area contributed by atoms with Crippen LogP contribution >= 0.6 is 0 Å². The molecule has 4 nitrogen and oxygen atoms in total. The van der Waals surface area contributed by atoms with E-state index in [9.17, 15) is 13.6 Å². The Labute approximate surface area is 122 Å². The van der Waals surface area contributed by atoms with Gasteiger partial charge in [-0.1, -0.05) is 0 Å². The number of carbonyl (C=O) groups is 1. The Balaban J connectivity index is 1.70. The molecule has 21 heavy (non-hydrogen) atoms. The van der Waals surface area contributed by atoms with Crippen LogP contribution in [-0.4, -0.2) is 40.9 Å². The minimum Gasteiger partial charge on any atom is -0.338 e. The number of hydrogen-bond donors (Lipinski definition) is 1. The van der Waals surface area contributed by atoms with Crippen LogP contribution in [0, 0.1) is 11.8 Å². The van der Waals surface area contributed by atoms with E-state index >= 15 is 0 Å². The lowest BCUT2D eigenvalue weighted by Gasteiger charge is -2.27. The van der Waals surface area contributed by atoms with Gasteiger partial charge < -0.3 is 15.2 Å². The first-order chi connectivity index (χ1) is 10.0.